The van der Waals surface area contributed by atoms with Gasteiger partial charge in [-0.25, -0.2) is 4.98 Å². The molecule has 0 aromatic carbocycles. The topological polar surface area (TPSA) is 76.0 Å². The summed E-state index contributed by atoms with van der Waals surface area (Å²) in [5, 5.41) is 8.73. The molecule has 1 fully saturated rings. The quantitative estimate of drug-likeness (QED) is 0.820. The third-order valence-corrected chi connectivity index (χ3v) is 4.89. The molecule has 1 saturated heterocycles. The Hall–Kier alpha value is -1.44. The molecule has 1 unspecified atom stereocenters. The number of aromatic nitrogens is 2. The summed E-state index contributed by atoms with van der Waals surface area (Å²) >= 11 is 1.45. The molecule has 1 aliphatic heterocycles. The summed E-state index contributed by atoms with van der Waals surface area (Å²) in [4.78, 5) is 29.0. The fraction of sp³-hybridized carbons (Fsp3) is 0.533. The summed E-state index contributed by atoms with van der Waals surface area (Å²) < 4.78 is 1.51. The molecule has 1 aliphatic rings. The van der Waals surface area contributed by atoms with E-state index in [2.05, 4.69) is 15.6 Å². The van der Waals surface area contributed by atoms with Crippen molar-refractivity contribution in [2.75, 3.05) is 19.6 Å². The molecule has 3 heterocycles. The number of hydrogen-bond donors (Lipinski definition) is 2. The van der Waals surface area contributed by atoms with Gasteiger partial charge in [0.05, 0.1) is 11.7 Å². The van der Waals surface area contributed by atoms with Gasteiger partial charge < -0.3 is 10.6 Å². The molecular formula is C15H21ClN4O2S. The van der Waals surface area contributed by atoms with Crippen molar-refractivity contribution in [3.05, 3.63) is 28.1 Å². The Kier molecular flexibility index (Phi) is 6.56. The fourth-order valence-corrected chi connectivity index (χ4v) is 3.46. The molecule has 2 aromatic heterocycles. The van der Waals surface area contributed by atoms with Crippen LogP contribution in [0.25, 0.3) is 10.2 Å². The first-order chi connectivity index (χ1) is 10.7. The van der Waals surface area contributed by atoms with Gasteiger partial charge in [-0.2, -0.15) is 0 Å². The molecule has 1 atom stereocenters. The number of rotatable bonds is 6. The van der Waals surface area contributed by atoms with E-state index in [-0.39, 0.29) is 23.9 Å². The summed E-state index contributed by atoms with van der Waals surface area (Å²) in [6, 6.07) is 1.78. The first kappa shape index (κ1) is 17.9. The molecule has 0 radical (unpaired) electrons. The van der Waals surface area contributed by atoms with Crippen LogP contribution in [0.3, 0.4) is 0 Å². The van der Waals surface area contributed by atoms with Gasteiger partial charge in [-0.3, -0.25) is 14.2 Å². The lowest BCUT2D eigenvalue weighted by atomic mass is 10.1. The molecular weight excluding hydrogens is 336 g/mol. The van der Waals surface area contributed by atoms with E-state index < -0.39 is 0 Å². The van der Waals surface area contributed by atoms with Gasteiger partial charge in [0, 0.05) is 19.5 Å². The Labute approximate surface area is 144 Å². The maximum Gasteiger partial charge on any atom is 0.262 e. The standard InChI is InChI=1S/C15H20N4O2S.ClH/c20-13(17-6-2-11-1-5-16-9-11)3-7-19-10-18-14-12(15(19)21)4-8-22-14;/h4,8,10-11,16H,1-3,5-7,9H2,(H,17,20);1H. The molecule has 1 amide bonds. The Bertz CT molecular complexity index is 709. The van der Waals surface area contributed by atoms with Crippen LogP contribution in [-0.2, 0) is 11.3 Å². The van der Waals surface area contributed by atoms with Crippen LogP contribution in [-0.4, -0.2) is 35.1 Å². The van der Waals surface area contributed by atoms with E-state index in [1.54, 1.807) is 6.07 Å². The summed E-state index contributed by atoms with van der Waals surface area (Å²) in [6.07, 6.45) is 4.04. The number of hydrogen-bond acceptors (Lipinski definition) is 5. The van der Waals surface area contributed by atoms with Gasteiger partial charge >= 0.3 is 0 Å². The highest BCUT2D eigenvalue weighted by Gasteiger charge is 2.14. The second-order valence-electron chi connectivity index (χ2n) is 5.63. The lowest BCUT2D eigenvalue weighted by Gasteiger charge is -2.10. The Morgan fingerprint density at radius 1 is 1.52 bits per heavy atom. The molecule has 8 heteroatoms. The minimum atomic E-state index is -0.0731. The monoisotopic (exact) mass is 356 g/mol. The summed E-state index contributed by atoms with van der Waals surface area (Å²) in [7, 11) is 0. The third kappa shape index (κ3) is 4.53. The van der Waals surface area contributed by atoms with Crippen molar-refractivity contribution in [1.29, 1.82) is 0 Å². The molecule has 3 rings (SSSR count). The predicted molar refractivity (Wildman–Crippen MR) is 94.3 cm³/mol. The first-order valence-electron chi connectivity index (χ1n) is 7.64. The van der Waals surface area contributed by atoms with Gasteiger partial charge in [0.1, 0.15) is 4.83 Å². The van der Waals surface area contributed by atoms with Gasteiger partial charge in [-0.05, 0) is 43.3 Å². The zero-order chi connectivity index (χ0) is 15.4. The molecule has 0 saturated carbocycles. The minimum Gasteiger partial charge on any atom is -0.356 e. The van der Waals surface area contributed by atoms with E-state index in [4.69, 9.17) is 0 Å². The van der Waals surface area contributed by atoms with Gasteiger partial charge in [0.25, 0.3) is 5.56 Å². The van der Waals surface area contributed by atoms with E-state index in [1.165, 1.54) is 28.7 Å². The number of carbonyl (C=O) groups excluding carboxylic acids is 1. The predicted octanol–water partition coefficient (Wildman–Crippen LogP) is 1.39. The highest BCUT2D eigenvalue weighted by molar-refractivity contribution is 7.16. The average Bonchev–Trinajstić information content (AvgIpc) is 3.17. The lowest BCUT2D eigenvalue weighted by Crippen LogP contribution is -2.29. The maximum absolute atomic E-state index is 12.2. The Morgan fingerprint density at radius 3 is 3.17 bits per heavy atom. The molecule has 23 heavy (non-hydrogen) atoms. The maximum atomic E-state index is 12.2. The molecule has 0 spiro atoms. The highest BCUT2D eigenvalue weighted by atomic mass is 35.5. The van der Waals surface area contributed by atoms with Crippen molar-refractivity contribution in [2.45, 2.75) is 25.8 Å². The number of halogens is 1. The molecule has 2 N–H and O–H groups in total. The van der Waals surface area contributed by atoms with Crippen LogP contribution in [0.1, 0.15) is 19.3 Å². The van der Waals surface area contributed by atoms with Gasteiger partial charge in [-0.1, -0.05) is 0 Å². The summed E-state index contributed by atoms with van der Waals surface area (Å²) in [6.45, 7) is 3.22. The SMILES string of the molecule is Cl.O=C(CCn1cnc2sccc2c1=O)NCCC1CCNC1. The third-order valence-electron chi connectivity index (χ3n) is 4.07. The van der Waals surface area contributed by atoms with Gasteiger partial charge in [-0.15, -0.1) is 23.7 Å². The summed E-state index contributed by atoms with van der Waals surface area (Å²) in [5.41, 5.74) is -0.0731. The van der Waals surface area contributed by atoms with Crippen molar-refractivity contribution in [2.24, 2.45) is 5.92 Å². The molecule has 6 nitrogen and oxygen atoms in total. The van der Waals surface area contributed by atoms with Crippen molar-refractivity contribution in [3.63, 3.8) is 0 Å². The number of thiophene rings is 1. The van der Waals surface area contributed by atoms with Crippen LogP contribution in [0.2, 0.25) is 0 Å². The number of aryl methyl sites for hydroxylation is 1. The largest absolute Gasteiger partial charge is 0.356 e. The average molecular weight is 357 g/mol. The minimum absolute atomic E-state index is 0. The number of nitrogens with zero attached hydrogens (tertiary/aromatic N) is 2. The zero-order valence-corrected chi connectivity index (χ0v) is 14.4. The van der Waals surface area contributed by atoms with Crippen LogP contribution in [0, 0.1) is 5.92 Å². The van der Waals surface area contributed by atoms with Gasteiger partial charge in [0.2, 0.25) is 5.91 Å². The molecule has 0 bridgehead atoms. The lowest BCUT2D eigenvalue weighted by molar-refractivity contribution is -0.121. The fourth-order valence-electron chi connectivity index (χ4n) is 2.74. The second kappa shape index (κ2) is 8.42. The first-order valence-corrected chi connectivity index (χ1v) is 8.52. The normalized spacial score (nSPS) is 17.1. The molecule has 2 aromatic rings. The number of fused-ring (bicyclic) bond motifs is 1. The smallest absolute Gasteiger partial charge is 0.262 e. The van der Waals surface area contributed by atoms with E-state index in [0.29, 0.717) is 30.8 Å². The number of amides is 1. The number of nitrogens with one attached hydrogen (secondary N) is 2. The van der Waals surface area contributed by atoms with Crippen LogP contribution >= 0.6 is 23.7 Å². The van der Waals surface area contributed by atoms with Crippen LogP contribution in [0.15, 0.2) is 22.6 Å². The molecule has 126 valence electrons. The van der Waals surface area contributed by atoms with Crippen LogP contribution < -0.4 is 16.2 Å². The van der Waals surface area contributed by atoms with Crippen molar-refractivity contribution >= 4 is 39.9 Å². The van der Waals surface area contributed by atoms with Crippen molar-refractivity contribution in [1.82, 2.24) is 20.2 Å². The Balaban J connectivity index is 0.00000192. The second-order valence-corrected chi connectivity index (χ2v) is 6.52. The van der Waals surface area contributed by atoms with Crippen LogP contribution in [0.5, 0.6) is 0 Å². The zero-order valence-electron chi connectivity index (χ0n) is 12.8. The molecule has 0 aliphatic carbocycles. The van der Waals surface area contributed by atoms with Crippen molar-refractivity contribution < 1.29 is 4.79 Å². The Morgan fingerprint density at radius 2 is 2.39 bits per heavy atom. The highest BCUT2D eigenvalue weighted by Crippen LogP contribution is 2.13. The van der Waals surface area contributed by atoms with E-state index in [1.807, 2.05) is 5.38 Å². The number of carbonyl (C=O) groups is 1. The van der Waals surface area contributed by atoms with Crippen molar-refractivity contribution in [3.8, 4) is 0 Å². The van der Waals surface area contributed by atoms with Crippen LogP contribution in [0.4, 0.5) is 0 Å². The summed E-state index contributed by atoms with van der Waals surface area (Å²) in [5.74, 6) is 0.663. The van der Waals surface area contributed by atoms with E-state index in [9.17, 15) is 9.59 Å². The van der Waals surface area contributed by atoms with Gasteiger partial charge in [0.15, 0.2) is 0 Å². The van der Waals surface area contributed by atoms with E-state index >= 15 is 0 Å². The van der Waals surface area contributed by atoms with E-state index in [0.717, 1.165) is 24.3 Å².